The maximum Gasteiger partial charge on any atom is 0.289 e. The second kappa shape index (κ2) is 7.52. The second-order valence-electron chi connectivity index (χ2n) is 7.42. The summed E-state index contributed by atoms with van der Waals surface area (Å²) in [4.78, 5) is 27.3. The standard InChI is InChI=1S/C25H20N2O3/c28-24(22-8-3-6-18-5-1-2-7-21(18)22)26-20-11-10-17-12-13-27(16-19(17)15-20)25(29)23-9-4-14-30-23/h1-11,14-15H,12-13,16H2,(H,26,28). The van der Waals surface area contributed by atoms with E-state index in [0.29, 0.717) is 24.4 Å². The van der Waals surface area contributed by atoms with Crippen LogP contribution in [0.2, 0.25) is 0 Å². The predicted molar refractivity (Wildman–Crippen MR) is 115 cm³/mol. The lowest BCUT2D eigenvalue weighted by molar-refractivity contribution is 0.0702. The summed E-state index contributed by atoms with van der Waals surface area (Å²) in [5.74, 6) is 0.0841. The minimum Gasteiger partial charge on any atom is -0.459 e. The molecule has 0 spiro atoms. The molecule has 0 aliphatic carbocycles. The molecule has 1 aromatic heterocycles. The Bertz CT molecular complexity index is 1240. The highest BCUT2D eigenvalue weighted by Crippen LogP contribution is 2.25. The van der Waals surface area contributed by atoms with Crippen LogP contribution < -0.4 is 5.32 Å². The summed E-state index contributed by atoms with van der Waals surface area (Å²) < 4.78 is 5.25. The van der Waals surface area contributed by atoms with Gasteiger partial charge >= 0.3 is 0 Å². The van der Waals surface area contributed by atoms with Crippen molar-refractivity contribution < 1.29 is 14.0 Å². The zero-order chi connectivity index (χ0) is 20.5. The fourth-order valence-electron chi connectivity index (χ4n) is 3.99. The highest BCUT2D eigenvalue weighted by molar-refractivity contribution is 6.12. The molecule has 0 radical (unpaired) electrons. The Morgan fingerprint density at radius 2 is 1.77 bits per heavy atom. The van der Waals surface area contributed by atoms with Crippen LogP contribution in [0, 0.1) is 0 Å². The molecule has 4 aromatic rings. The molecule has 0 saturated carbocycles. The lowest BCUT2D eigenvalue weighted by Crippen LogP contribution is -2.35. The number of amides is 2. The summed E-state index contributed by atoms with van der Waals surface area (Å²) in [5.41, 5.74) is 3.60. The molecular formula is C25H20N2O3. The van der Waals surface area contributed by atoms with Gasteiger partial charge in [0, 0.05) is 24.3 Å². The third-order valence-corrected chi connectivity index (χ3v) is 5.53. The fraction of sp³-hybridized carbons (Fsp3) is 0.120. The second-order valence-corrected chi connectivity index (χ2v) is 7.42. The van der Waals surface area contributed by atoms with Gasteiger partial charge in [-0.15, -0.1) is 0 Å². The van der Waals surface area contributed by atoms with Crippen molar-refractivity contribution in [3.8, 4) is 0 Å². The van der Waals surface area contributed by atoms with Crippen molar-refractivity contribution in [2.24, 2.45) is 0 Å². The van der Waals surface area contributed by atoms with Gasteiger partial charge in [0.2, 0.25) is 0 Å². The van der Waals surface area contributed by atoms with Gasteiger partial charge in [-0.05, 0) is 58.7 Å². The number of nitrogens with one attached hydrogen (secondary N) is 1. The number of fused-ring (bicyclic) bond motifs is 2. The Morgan fingerprint density at radius 1 is 0.900 bits per heavy atom. The number of furan rings is 1. The van der Waals surface area contributed by atoms with E-state index in [1.54, 1.807) is 17.0 Å². The molecule has 30 heavy (non-hydrogen) atoms. The van der Waals surface area contributed by atoms with Gasteiger partial charge < -0.3 is 14.6 Å². The van der Waals surface area contributed by atoms with Crippen molar-refractivity contribution in [2.45, 2.75) is 13.0 Å². The lowest BCUT2D eigenvalue weighted by atomic mass is 9.98. The van der Waals surface area contributed by atoms with Gasteiger partial charge in [0.05, 0.1) is 6.26 Å². The minimum absolute atomic E-state index is 0.115. The highest BCUT2D eigenvalue weighted by Gasteiger charge is 2.23. The summed E-state index contributed by atoms with van der Waals surface area (Å²) in [7, 11) is 0. The van der Waals surface area contributed by atoms with E-state index >= 15 is 0 Å². The molecule has 5 nitrogen and oxygen atoms in total. The van der Waals surface area contributed by atoms with Gasteiger partial charge in [-0.3, -0.25) is 9.59 Å². The van der Waals surface area contributed by atoms with Crippen molar-refractivity contribution >= 4 is 28.3 Å². The molecule has 0 atom stereocenters. The van der Waals surface area contributed by atoms with Crippen LogP contribution in [-0.2, 0) is 13.0 Å². The van der Waals surface area contributed by atoms with E-state index in [0.717, 1.165) is 28.4 Å². The van der Waals surface area contributed by atoms with E-state index in [9.17, 15) is 9.59 Å². The summed E-state index contributed by atoms with van der Waals surface area (Å²) >= 11 is 0. The summed E-state index contributed by atoms with van der Waals surface area (Å²) in [6.07, 6.45) is 2.28. The first-order chi connectivity index (χ1) is 14.7. The van der Waals surface area contributed by atoms with Crippen molar-refractivity contribution in [2.75, 3.05) is 11.9 Å². The Hall–Kier alpha value is -3.86. The zero-order valence-corrected chi connectivity index (χ0v) is 16.3. The van der Waals surface area contributed by atoms with Crippen molar-refractivity contribution in [3.63, 3.8) is 0 Å². The SMILES string of the molecule is O=C(Nc1ccc2c(c1)CN(C(=O)c1ccco1)CC2)c1cccc2ccccc12. The summed E-state index contributed by atoms with van der Waals surface area (Å²) in [6.45, 7) is 1.14. The molecule has 0 saturated heterocycles. The molecule has 0 fully saturated rings. The minimum atomic E-state index is -0.147. The van der Waals surface area contributed by atoms with Crippen LogP contribution in [0.1, 0.15) is 32.0 Å². The molecular weight excluding hydrogens is 376 g/mol. The molecule has 0 bridgehead atoms. The average molecular weight is 396 g/mol. The smallest absolute Gasteiger partial charge is 0.289 e. The van der Waals surface area contributed by atoms with Crippen LogP contribution in [0.25, 0.3) is 10.8 Å². The number of hydrogen-bond donors (Lipinski definition) is 1. The van der Waals surface area contributed by atoms with E-state index in [1.807, 2.05) is 60.7 Å². The number of carbonyl (C=O) groups excluding carboxylic acids is 2. The maximum atomic E-state index is 12.9. The Labute approximate surface area is 173 Å². The molecule has 3 aromatic carbocycles. The molecule has 1 aliphatic heterocycles. The van der Waals surface area contributed by atoms with E-state index in [2.05, 4.69) is 5.32 Å². The van der Waals surface area contributed by atoms with Gasteiger partial charge in [-0.25, -0.2) is 0 Å². The van der Waals surface area contributed by atoms with Crippen LogP contribution in [0.5, 0.6) is 0 Å². The number of hydrogen-bond acceptors (Lipinski definition) is 3. The van der Waals surface area contributed by atoms with Gasteiger partial charge in [-0.1, -0.05) is 42.5 Å². The molecule has 5 heteroatoms. The Kier molecular flexibility index (Phi) is 4.56. The third-order valence-electron chi connectivity index (χ3n) is 5.53. The molecule has 2 amide bonds. The van der Waals surface area contributed by atoms with E-state index in [4.69, 9.17) is 4.42 Å². The van der Waals surface area contributed by atoms with Crippen molar-refractivity contribution in [1.82, 2.24) is 4.90 Å². The third kappa shape index (κ3) is 3.35. The number of rotatable bonds is 3. The number of nitrogens with zero attached hydrogens (tertiary/aromatic N) is 1. The highest BCUT2D eigenvalue weighted by atomic mass is 16.3. The number of carbonyl (C=O) groups is 2. The molecule has 1 aliphatic rings. The Morgan fingerprint density at radius 3 is 2.63 bits per heavy atom. The van der Waals surface area contributed by atoms with Crippen molar-refractivity contribution in [3.05, 3.63) is 102 Å². The van der Waals surface area contributed by atoms with Gasteiger partial charge in [0.1, 0.15) is 0 Å². The normalized spacial score (nSPS) is 13.1. The number of benzene rings is 3. The Balaban J connectivity index is 1.37. The van der Waals surface area contributed by atoms with Crippen LogP contribution in [0.15, 0.2) is 83.5 Å². The molecule has 2 heterocycles. The van der Waals surface area contributed by atoms with E-state index in [-0.39, 0.29) is 11.8 Å². The molecule has 1 N–H and O–H groups in total. The van der Waals surface area contributed by atoms with Crippen molar-refractivity contribution in [1.29, 1.82) is 0 Å². The number of anilines is 1. The first kappa shape index (κ1) is 18.2. The molecule has 0 unspecified atom stereocenters. The van der Waals surface area contributed by atoms with Crippen LogP contribution >= 0.6 is 0 Å². The zero-order valence-electron chi connectivity index (χ0n) is 16.3. The first-order valence-electron chi connectivity index (χ1n) is 9.93. The van der Waals surface area contributed by atoms with Gasteiger partial charge in [0.15, 0.2) is 5.76 Å². The predicted octanol–water partition coefficient (Wildman–Crippen LogP) is 4.88. The van der Waals surface area contributed by atoms with E-state index < -0.39 is 0 Å². The summed E-state index contributed by atoms with van der Waals surface area (Å²) in [6, 6.07) is 22.9. The lowest BCUT2D eigenvalue weighted by Gasteiger charge is -2.28. The van der Waals surface area contributed by atoms with Gasteiger partial charge in [-0.2, -0.15) is 0 Å². The monoisotopic (exact) mass is 396 g/mol. The van der Waals surface area contributed by atoms with Crippen LogP contribution in [-0.4, -0.2) is 23.3 Å². The quantitative estimate of drug-likeness (QED) is 0.537. The fourth-order valence-corrected chi connectivity index (χ4v) is 3.99. The van der Waals surface area contributed by atoms with E-state index in [1.165, 1.54) is 11.8 Å². The van der Waals surface area contributed by atoms with Crippen LogP contribution in [0.3, 0.4) is 0 Å². The first-order valence-corrected chi connectivity index (χ1v) is 9.93. The molecule has 148 valence electrons. The van der Waals surface area contributed by atoms with Gasteiger partial charge in [0.25, 0.3) is 11.8 Å². The van der Waals surface area contributed by atoms with Crippen LogP contribution in [0.4, 0.5) is 5.69 Å². The topological polar surface area (TPSA) is 62.6 Å². The summed E-state index contributed by atoms with van der Waals surface area (Å²) in [5, 5.41) is 4.96. The average Bonchev–Trinajstić information content (AvgIpc) is 3.32. The largest absolute Gasteiger partial charge is 0.459 e. The maximum absolute atomic E-state index is 12.9. The molecule has 5 rings (SSSR count).